The van der Waals surface area contributed by atoms with Gasteiger partial charge in [-0.3, -0.25) is 24.0 Å². The highest BCUT2D eigenvalue weighted by molar-refractivity contribution is 7.95. The third-order valence-electron chi connectivity index (χ3n) is 6.38. The number of likely N-dealkylation sites (N-methyl/N-ethyl adjacent to an activating group) is 1. The standard InChI is InChI=1S/C10H19NO.C8H14O.C8H12O.C7H11FO.C7H12O.C6H12O2S/c1-10(2,3)9(12)7-6-8-11(4)5;2*1-5-6-7(9)8(2,3)4;1-5(8)6(9)7(2,3)4;1-5-6(8)7(2,3)4;1-5-9(7,8)6(2,3)4/h6-7H,8H2,1-5H3;5-6H,1-4H3;1-4H3;1H2,2-4H3;5H,1H2,2-4H3;5H,1H2,2-4H3/b7-6+;6-5+;;;;. The normalized spacial score (nSPS) is 11.8. The van der Waals surface area contributed by atoms with Gasteiger partial charge in [0.1, 0.15) is 0 Å². The van der Waals surface area contributed by atoms with Crippen molar-refractivity contribution in [3.05, 3.63) is 61.4 Å². The molecule has 0 amide bonds. The first kappa shape index (κ1) is 64.3. The Morgan fingerprint density at radius 1 is 0.643 bits per heavy atom. The molecule has 324 valence electrons. The maximum absolute atomic E-state index is 12.0. The maximum Gasteiger partial charge on any atom is 0.210 e. The van der Waals surface area contributed by atoms with Crippen molar-refractivity contribution in [2.24, 2.45) is 27.1 Å². The first-order valence-electron chi connectivity index (χ1n) is 18.4. The summed E-state index contributed by atoms with van der Waals surface area (Å²) in [6, 6.07) is 0. The molecule has 0 aliphatic rings. The summed E-state index contributed by atoms with van der Waals surface area (Å²) >= 11 is 0. The van der Waals surface area contributed by atoms with Crippen molar-refractivity contribution in [3.8, 4) is 11.8 Å². The lowest BCUT2D eigenvalue weighted by atomic mass is 9.90. The molecule has 0 aromatic carbocycles. The molecule has 56 heavy (non-hydrogen) atoms. The highest BCUT2D eigenvalue weighted by Gasteiger charge is 2.25. The van der Waals surface area contributed by atoms with Gasteiger partial charge in [0, 0.05) is 39.0 Å². The zero-order valence-corrected chi connectivity index (χ0v) is 40.2. The van der Waals surface area contributed by atoms with E-state index in [1.807, 2.05) is 115 Å². The molecular formula is C46H80FNO7S. The van der Waals surface area contributed by atoms with Crippen LogP contribution in [0.4, 0.5) is 4.39 Å². The molecule has 0 heterocycles. The van der Waals surface area contributed by atoms with Crippen LogP contribution < -0.4 is 0 Å². The predicted octanol–water partition coefficient (Wildman–Crippen LogP) is 10.7. The van der Waals surface area contributed by atoms with Gasteiger partial charge in [-0.2, -0.15) is 0 Å². The first-order valence-corrected chi connectivity index (χ1v) is 19.9. The van der Waals surface area contributed by atoms with E-state index in [0.717, 1.165) is 12.0 Å². The number of carbonyl (C=O) groups excluding carboxylic acids is 5. The minimum absolute atomic E-state index is 0.00463. The van der Waals surface area contributed by atoms with E-state index in [2.05, 4.69) is 31.6 Å². The van der Waals surface area contributed by atoms with Crippen LogP contribution in [0.1, 0.15) is 138 Å². The third-order valence-corrected chi connectivity index (χ3v) is 8.53. The summed E-state index contributed by atoms with van der Waals surface area (Å²) < 4.78 is 33.2. The molecule has 8 nitrogen and oxygen atoms in total. The molecule has 0 aromatic heterocycles. The predicted molar refractivity (Wildman–Crippen MR) is 238 cm³/mol. The summed E-state index contributed by atoms with van der Waals surface area (Å²) in [5, 5.41) is 0.993. The van der Waals surface area contributed by atoms with E-state index in [-0.39, 0.29) is 44.8 Å². The number of ketones is 5. The average Bonchev–Trinajstić information content (AvgIpc) is 2.99. The molecule has 0 N–H and O–H groups in total. The molecule has 10 heteroatoms. The van der Waals surface area contributed by atoms with E-state index in [9.17, 15) is 36.8 Å². The minimum Gasteiger partial charge on any atom is -0.306 e. The van der Waals surface area contributed by atoms with Crippen molar-refractivity contribution in [1.29, 1.82) is 0 Å². The quantitative estimate of drug-likeness (QED) is 0.141. The Labute approximate surface area is 343 Å². The molecule has 0 rings (SSSR count). The summed E-state index contributed by atoms with van der Waals surface area (Å²) in [6.07, 6.45) is 8.31. The topological polar surface area (TPSA) is 123 Å². The largest absolute Gasteiger partial charge is 0.306 e. The van der Waals surface area contributed by atoms with Gasteiger partial charge in [0.15, 0.2) is 38.8 Å². The van der Waals surface area contributed by atoms with Crippen LogP contribution >= 0.6 is 0 Å². The van der Waals surface area contributed by atoms with Gasteiger partial charge in [0.05, 0.1) is 4.75 Å². The molecule has 0 fully saturated rings. The van der Waals surface area contributed by atoms with Gasteiger partial charge in [-0.05, 0) is 72.9 Å². The van der Waals surface area contributed by atoms with E-state index in [1.165, 1.54) is 6.08 Å². The zero-order chi connectivity index (χ0) is 46.9. The molecule has 0 aromatic rings. The van der Waals surface area contributed by atoms with Crippen LogP contribution in [0.25, 0.3) is 0 Å². The number of sulfone groups is 1. The number of Topliss-reactive ketones (excluding diaryl/α,β-unsaturated/α-hetero) is 2. The fourth-order valence-electron chi connectivity index (χ4n) is 2.29. The molecule has 0 saturated carbocycles. The second kappa shape index (κ2) is 27.9. The zero-order valence-electron chi connectivity index (χ0n) is 39.4. The van der Waals surface area contributed by atoms with E-state index < -0.39 is 31.6 Å². The van der Waals surface area contributed by atoms with Crippen molar-refractivity contribution in [3.63, 3.8) is 0 Å². The number of allylic oxidation sites excluding steroid dienone is 5. The molecule has 0 saturated heterocycles. The molecule has 0 radical (unpaired) electrons. The Hall–Kier alpha value is -3.55. The second-order valence-electron chi connectivity index (χ2n) is 19.0. The lowest BCUT2D eigenvalue weighted by molar-refractivity contribution is -0.124. The van der Waals surface area contributed by atoms with E-state index in [1.54, 1.807) is 66.7 Å². The summed E-state index contributed by atoms with van der Waals surface area (Å²) in [6.45, 7) is 46.4. The van der Waals surface area contributed by atoms with E-state index in [0.29, 0.717) is 0 Å². The van der Waals surface area contributed by atoms with Crippen molar-refractivity contribution in [1.82, 2.24) is 4.90 Å². The summed E-state index contributed by atoms with van der Waals surface area (Å²) in [7, 11) is 0.884. The monoisotopic (exact) mass is 810 g/mol. The third kappa shape index (κ3) is 38.7. The van der Waals surface area contributed by atoms with Crippen LogP contribution in [-0.4, -0.2) is 67.6 Å². The van der Waals surface area contributed by atoms with Gasteiger partial charge in [0.2, 0.25) is 5.78 Å². The molecule has 0 spiro atoms. The Morgan fingerprint density at radius 3 is 1.11 bits per heavy atom. The van der Waals surface area contributed by atoms with Crippen LogP contribution in [0, 0.1) is 38.9 Å². The summed E-state index contributed by atoms with van der Waals surface area (Å²) in [4.78, 5) is 56.6. The van der Waals surface area contributed by atoms with Crippen molar-refractivity contribution in [2.75, 3.05) is 20.6 Å². The number of carbonyl (C=O) groups is 5. The van der Waals surface area contributed by atoms with Gasteiger partial charge < -0.3 is 4.90 Å². The van der Waals surface area contributed by atoms with Gasteiger partial charge in [0.25, 0.3) is 0 Å². The van der Waals surface area contributed by atoms with E-state index >= 15 is 0 Å². The van der Waals surface area contributed by atoms with E-state index in [4.69, 9.17) is 0 Å². The smallest absolute Gasteiger partial charge is 0.210 e. The number of hydrogen-bond donors (Lipinski definition) is 0. The Balaban J connectivity index is -0.000000135. The number of hydrogen-bond acceptors (Lipinski definition) is 8. The SMILES string of the molecule is C/C=C/C(=O)C(C)(C)C.C=C(F)C(=O)C(C)(C)C.C=CC(=O)C(C)(C)C.C=CS(=O)(=O)C(C)(C)C.CC#CC(=O)C(C)(C)C.CN(C)C/C=C/C(=O)C(C)(C)C. The Morgan fingerprint density at radius 2 is 1.00 bits per heavy atom. The van der Waals surface area contributed by atoms with Crippen LogP contribution in [0.15, 0.2) is 61.4 Å². The Kier molecular flexibility index (Phi) is 32.1. The fourth-order valence-corrected chi connectivity index (χ4v) is 2.79. The summed E-state index contributed by atoms with van der Waals surface area (Å²) in [5.74, 6) is 4.16. The van der Waals surface area contributed by atoms with Crippen LogP contribution in [0.3, 0.4) is 0 Å². The lowest BCUT2D eigenvalue weighted by Crippen LogP contribution is -2.25. The van der Waals surface area contributed by atoms with Gasteiger partial charge in [-0.15, -0.1) is 0 Å². The number of nitrogens with zero attached hydrogens (tertiary/aromatic N) is 1. The molecule has 0 bridgehead atoms. The highest BCUT2D eigenvalue weighted by Crippen LogP contribution is 2.19. The fraction of sp³-hybridized carbons (Fsp3) is 0.630. The molecule has 0 atom stereocenters. The summed E-state index contributed by atoms with van der Waals surface area (Å²) in [5.41, 5.74) is -1.65. The van der Waals surface area contributed by atoms with Gasteiger partial charge in [-0.1, -0.05) is 142 Å². The number of rotatable bonds is 7. The average molecular weight is 810 g/mol. The molecular weight excluding hydrogens is 730 g/mol. The van der Waals surface area contributed by atoms with Gasteiger partial charge in [-0.25, -0.2) is 12.8 Å². The molecule has 0 aliphatic heterocycles. The van der Waals surface area contributed by atoms with Crippen molar-refractivity contribution >= 4 is 38.8 Å². The minimum atomic E-state index is -3.07. The molecule has 0 aliphatic carbocycles. The van der Waals surface area contributed by atoms with Crippen LogP contribution in [0.5, 0.6) is 0 Å². The van der Waals surface area contributed by atoms with Crippen molar-refractivity contribution < 1.29 is 36.8 Å². The Bertz CT molecular complexity index is 1510. The van der Waals surface area contributed by atoms with Crippen molar-refractivity contribution in [2.45, 2.75) is 143 Å². The van der Waals surface area contributed by atoms with Crippen LogP contribution in [0.2, 0.25) is 0 Å². The number of halogens is 1. The van der Waals surface area contributed by atoms with Gasteiger partial charge >= 0.3 is 0 Å². The highest BCUT2D eigenvalue weighted by atomic mass is 32.2. The van der Waals surface area contributed by atoms with Crippen LogP contribution in [-0.2, 0) is 33.8 Å². The first-order chi connectivity index (χ1) is 24.4. The maximum atomic E-state index is 12.0. The second-order valence-corrected chi connectivity index (χ2v) is 21.6. The lowest BCUT2D eigenvalue weighted by Gasteiger charge is -2.14. The molecule has 0 unspecified atom stereocenters.